The summed E-state index contributed by atoms with van der Waals surface area (Å²) in [5, 5.41) is 11.7. The second-order valence-corrected chi connectivity index (χ2v) is 12.6. The lowest BCUT2D eigenvalue weighted by molar-refractivity contribution is 0.0750. The van der Waals surface area contributed by atoms with Gasteiger partial charge in [0.25, 0.3) is 5.91 Å². The quantitative estimate of drug-likeness (QED) is 0.123. The Hall–Kier alpha value is -5.73. The monoisotopic (exact) mass is 661 g/mol. The van der Waals surface area contributed by atoms with Gasteiger partial charge < -0.3 is 33.2 Å². The summed E-state index contributed by atoms with van der Waals surface area (Å²) in [5.41, 5.74) is 2.17. The van der Waals surface area contributed by atoms with E-state index in [2.05, 4.69) is 4.90 Å². The van der Waals surface area contributed by atoms with Crippen LogP contribution in [0, 0.1) is 0 Å². The van der Waals surface area contributed by atoms with Crippen LogP contribution in [-0.2, 0) is 4.57 Å². The first-order chi connectivity index (χ1) is 23.4. The Morgan fingerprint density at radius 2 is 1.33 bits per heavy atom. The number of aromatic nitrogens is 1. The van der Waals surface area contributed by atoms with Crippen LogP contribution in [0.15, 0.2) is 121 Å². The number of carbonyl (C=O) groups is 1. The molecule has 2 heterocycles. The Kier molecular flexibility index (Phi) is 8.48. The van der Waals surface area contributed by atoms with Gasteiger partial charge in [0.1, 0.15) is 28.7 Å². The number of amides is 1. The molecule has 1 aliphatic heterocycles. The van der Waals surface area contributed by atoms with Crippen LogP contribution in [0.5, 0.6) is 28.7 Å². The van der Waals surface area contributed by atoms with Gasteiger partial charge in [-0.15, -0.1) is 0 Å². The van der Waals surface area contributed by atoms with Crippen LogP contribution in [-0.4, -0.2) is 54.2 Å². The van der Waals surface area contributed by atoms with Crippen molar-refractivity contribution in [2.24, 2.45) is 0 Å². The number of anilines is 1. The van der Waals surface area contributed by atoms with Gasteiger partial charge >= 0.3 is 7.82 Å². The minimum atomic E-state index is -4.48. The van der Waals surface area contributed by atoms with E-state index in [9.17, 15) is 14.5 Å². The molecule has 1 N–H and O–H groups in total. The Bertz CT molecular complexity index is 2090. The second kappa shape index (κ2) is 13.2. The van der Waals surface area contributed by atoms with E-state index in [0.717, 1.165) is 11.4 Å². The zero-order chi connectivity index (χ0) is 33.1. The maximum Gasteiger partial charge on any atom is 0.647 e. The van der Waals surface area contributed by atoms with Gasteiger partial charge in [-0.05, 0) is 42.5 Å². The smallest absolute Gasteiger partial charge is 0.508 e. The van der Waals surface area contributed by atoms with E-state index in [0.29, 0.717) is 42.6 Å². The number of methoxy groups -OCH3 is 1. The lowest BCUT2D eigenvalue weighted by Gasteiger charge is -2.36. The highest BCUT2D eigenvalue weighted by atomic mass is 31.2. The number of benzene rings is 5. The predicted octanol–water partition coefficient (Wildman–Crippen LogP) is 7.71. The van der Waals surface area contributed by atoms with Crippen molar-refractivity contribution in [3.8, 4) is 28.7 Å². The average molecular weight is 662 g/mol. The summed E-state index contributed by atoms with van der Waals surface area (Å²) < 4.78 is 37.8. The highest BCUT2D eigenvalue weighted by Crippen LogP contribution is 2.52. The minimum absolute atomic E-state index is 0.0724. The molecule has 0 atom stereocenters. The van der Waals surface area contributed by atoms with E-state index in [1.807, 2.05) is 42.5 Å². The number of hydrogen-bond donors (Lipinski definition) is 1. The molecule has 0 radical (unpaired) electrons. The summed E-state index contributed by atoms with van der Waals surface area (Å²) in [4.78, 5) is 23.3. The number of piperazine rings is 1. The Morgan fingerprint density at radius 3 is 2.00 bits per heavy atom. The number of pyridine rings is 1. The number of hydrogen-bond acceptors (Lipinski definition) is 9. The molecule has 1 saturated heterocycles. The molecular weight excluding hydrogens is 629 g/mol. The third kappa shape index (κ3) is 6.43. The fourth-order valence-electron chi connectivity index (χ4n) is 5.80. The first kappa shape index (κ1) is 30.9. The number of phenolic OH excluding ortho intramolecular Hbond substituents is 1. The molecule has 0 unspecified atom stereocenters. The van der Waals surface area contributed by atoms with Crippen molar-refractivity contribution < 1.29 is 32.8 Å². The van der Waals surface area contributed by atoms with Crippen molar-refractivity contribution in [2.75, 3.05) is 38.2 Å². The molecule has 1 amide bonds. The normalized spacial score (nSPS) is 13.4. The fourth-order valence-corrected chi connectivity index (χ4v) is 7.05. The maximum atomic E-state index is 14.6. The van der Waals surface area contributed by atoms with Gasteiger partial charge in [0.15, 0.2) is 0 Å². The number of fused-ring (bicyclic) bond motifs is 2. The number of phosphoric ester groups is 1. The van der Waals surface area contributed by atoms with Crippen molar-refractivity contribution in [3.63, 3.8) is 0 Å². The molecule has 1 aliphatic rings. The van der Waals surface area contributed by atoms with Crippen LogP contribution in [0.4, 0.5) is 5.69 Å². The summed E-state index contributed by atoms with van der Waals surface area (Å²) >= 11 is 0. The second-order valence-electron chi connectivity index (χ2n) is 11.2. The summed E-state index contributed by atoms with van der Waals surface area (Å²) in [6, 6.07) is 34.9. The first-order valence-electron chi connectivity index (χ1n) is 15.4. The van der Waals surface area contributed by atoms with Gasteiger partial charge in [0.05, 0.1) is 29.1 Å². The van der Waals surface area contributed by atoms with Crippen molar-refractivity contribution >= 4 is 41.2 Å². The van der Waals surface area contributed by atoms with Crippen LogP contribution < -0.4 is 23.2 Å². The van der Waals surface area contributed by atoms with Crippen molar-refractivity contribution in [3.05, 3.63) is 127 Å². The maximum absolute atomic E-state index is 14.6. The summed E-state index contributed by atoms with van der Waals surface area (Å²) in [7, 11) is -2.85. The Balaban J connectivity index is 1.30. The average Bonchev–Trinajstić information content (AvgIpc) is 3.11. The topological polar surface area (TPSA) is 111 Å². The van der Waals surface area contributed by atoms with E-state index in [-0.39, 0.29) is 39.8 Å². The number of phosphoric acid groups is 1. The van der Waals surface area contributed by atoms with Crippen LogP contribution >= 0.6 is 7.82 Å². The molecule has 1 fully saturated rings. The summed E-state index contributed by atoms with van der Waals surface area (Å²) in [6.45, 7) is 2.12. The number of rotatable bonds is 9. The van der Waals surface area contributed by atoms with E-state index in [1.165, 1.54) is 12.1 Å². The molecule has 0 saturated carbocycles. The highest BCUT2D eigenvalue weighted by molar-refractivity contribution is 7.49. The van der Waals surface area contributed by atoms with Crippen LogP contribution in [0.1, 0.15) is 10.4 Å². The molecule has 5 aromatic carbocycles. The van der Waals surface area contributed by atoms with Gasteiger partial charge in [-0.3, -0.25) is 4.79 Å². The molecule has 48 heavy (non-hydrogen) atoms. The lowest BCUT2D eigenvalue weighted by Crippen LogP contribution is -2.48. The van der Waals surface area contributed by atoms with Crippen molar-refractivity contribution in [1.82, 2.24) is 9.88 Å². The molecular formula is C37H32N3O7P. The molecule has 6 aromatic rings. The van der Waals surface area contributed by atoms with Crippen LogP contribution in [0.3, 0.4) is 0 Å². The SMILES string of the molecule is COc1cccc(N2CCN(C(=O)c3c4ccccc4nc4cc(O)cc(OP(=O)(Oc5ccccc5)Oc5ccccc5)c34)CC2)c1. The van der Waals surface area contributed by atoms with Gasteiger partial charge in [-0.2, -0.15) is 4.57 Å². The molecule has 1 aromatic heterocycles. The van der Waals surface area contributed by atoms with Crippen LogP contribution in [0.25, 0.3) is 21.8 Å². The van der Waals surface area contributed by atoms with Gasteiger partial charge in [-0.1, -0.05) is 60.7 Å². The molecule has 0 spiro atoms. The molecule has 0 bridgehead atoms. The molecule has 10 nitrogen and oxygen atoms in total. The Morgan fingerprint density at radius 1 is 0.708 bits per heavy atom. The zero-order valence-electron chi connectivity index (χ0n) is 26.1. The molecule has 0 aliphatic carbocycles. The van der Waals surface area contributed by atoms with Crippen molar-refractivity contribution in [2.45, 2.75) is 0 Å². The van der Waals surface area contributed by atoms with E-state index in [4.69, 9.17) is 23.3 Å². The van der Waals surface area contributed by atoms with Gasteiger partial charge in [0, 0.05) is 55.5 Å². The number of nitrogens with zero attached hydrogens (tertiary/aromatic N) is 3. The van der Waals surface area contributed by atoms with Crippen molar-refractivity contribution in [1.29, 1.82) is 0 Å². The van der Waals surface area contributed by atoms with Gasteiger partial charge in [0.2, 0.25) is 0 Å². The largest absolute Gasteiger partial charge is 0.647 e. The third-order valence-electron chi connectivity index (χ3n) is 8.06. The minimum Gasteiger partial charge on any atom is -0.508 e. The summed E-state index contributed by atoms with van der Waals surface area (Å²) in [5.74, 6) is 0.738. The first-order valence-corrected chi connectivity index (χ1v) is 16.9. The lowest BCUT2D eigenvalue weighted by atomic mass is 10.00. The van der Waals surface area contributed by atoms with E-state index in [1.54, 1.807) is 78.7 Å². The number of phenols is 1. The zero-order valence-corrected chi connectivity index (χ0v) is 27.0. The standard InChI is InChI=1S/C37H32N3O7P/c1-44-30-16-10-11-26(23-30)39-19-21-40(22-20-39)37(42)35-31-17-8-9-18-32(31)38-33-24-27(41)25-34(36(33)35)47-48(43,45-28-12-4-2-5-13-28)46-29-14-6-3-7-15-29/h2-18,23-25,41H,19-22H2,1H3. The molecule has 11 heteroatoms. The number of aromatic hydroxyl groups is 1. The highest BCUT2D eigenvalue weighted by Gasteiger charge is 2.36. The van der Waals surface area contributed by atoms with E-state index >= 15 is 0 Å². The number of carbonyl (C=O) groups excluding carboxylic acids is 1. The van der Waals surface area contributed by atoms with Crippen LogP contribution in [0.2, 0.25) is 0 Å². The number of ether oxygens (including phenoxy) is 1. The predicted molar refractivity (Wildman–Crippen MR) is 184 cm³/mol. The molecule has 7 rings (SSSR count). The number of para-hydroxylation sites is 3. The summed E-state index contributed by atoms with van der Waals surface area (Å²) in [6.07, 6.45) is 0. The van der Waals surface area contributed by atoms with Gasteiger partial charge in [-0.25, -0.2) is 4.98 Å². The van der Waals surface area contributed by atoms with E-state index < -0.39 is 7.82 Å². The third-order valence-corrected chi connectivity index (χ3v) is 9.35. The molecule has 242 valence electrons. The fraction of sp³-hybridized carbons (Fsp3) is 0.135. The Labute approximate surface area is 277 Å².